The molecule has 0 unspecified atom stereocenters. The average Bonchev–Trinajstić information content (AvgIpc) is 1.81. The van der Waals surface area contributed by atoms with Crippen molar-refractivity contribution in [2.75, 3.05) is 19.3 Å². The molecule has 0 amide bonds. The molecular weight excluding hydrogens is 188 g/mol. The van der Waals surface area contributed by atoms with Gasteiger partial charge in [-0.05, 0) is 33.7 Å². The molecule has 0 saturated heterocycles. The van der Waals surface area contributed by atoms with Crippen LogP contribution >= 0.6 is 0 Å². The summed E-state index contributed by atoms with van der Waals surface area (Å²) in [5.41, 5.74) is 0.102. The summed E-state index contributed by atoms with van der Waals surface area (Å²) in [6, 6.07) is 0. The highest BCUT2D eigenvalue weighted by Gasteiger charge is 2.07. The van der Waals surface area contributed by atoms with Gasteiger partial charge in [-0.2, -0.15) is 0 Å². The van der Waals surface area contributed by atoms with Gasteiger partial charge in [0.25, 0.3) is 0 Å². The summed E-state index contributed by atoms with van der Waals surface area (Å²) >= 11 is 0. The van der Waals surface area contributed by atoms with Gasteiger partial charge in [-0.25, -0.2) is 13.1 Å². The molecule has 80 valence electrons. The lowest BCUT2D eigenvalue weighted by molar-refractivity contribution is 0.422. The van der Waals surface area contributed by atoms with E-state index in [-0.39, 0.29) is 5.54 Å². The van der Waals surface area contributed by atoms with Crippen molar-refractivity contribution in [2.45, 2.75) is 32.7 Å². The number of hydrogen-bond donors (Lipinski definition) is 2. The molecular formula is C8H20N2O2S. The van der Waals surface area contributed by atoms with Gasteiger partial charge in [0.2, 0.25) is 10.0 Å². The highest BCUT2D eigenvalue weighted by Crippen LogP contribution is 1.97. The van der Waals surface area contributed by atoms with Crippen LogP contribution in [0.3, 0.4) is 0 Å². The fourth-order valence-electron chi connectivity index (χ4n) is 0.809. The van der Waals surface area contributed by atoms with Crippen LogP contribution in [-0.4, -0.2) is 33.3 Å². The molecule has 0 radical (unpaired) electrons. The van der Waals surface area contributed by atoms with Crippen LogP contribution in [0.4, 0.5) is 0 Å². The third-order valence-electron chi connectivity index (χ3n) is 1.37. The van der Waals surface area contributed by atoms with E-state index in [9.17, 15) is 8.42 Å². The van der Waals surface area contributed by atoms with E-state index in [4.69, 9.17) is 0 Å². The van der Waals surface area contributed by atoms with Crippen LogP contribution in [0.1, 0.15) is 27.2 Å². The van der Waals surface area contributed by atoms with Gasteiger partial charge >= 0.3 is 0 Å². The number of nitrogens with one attached hydrogen (secondary N) is 2. The van der Waals surface area contributed by atoms with Gasteiger partial charge in [-0.3, -0.25) is 0 Å². The Kier molecular flexibility index (Phi) is 4.88. The zero-order valence-corrected chi connectivity index (χ0v) is 9.66. The first-order valence-electron chi connectivity index (χ1n) is 4.40. The maximum Gasteiger partial charge on any atom is 0.208 e. The first kappa shape index (κ1) is 12.9. The van der Waals surface area contributed by atoms with Gasteiger partial charge in [0.15, 0.2) is 0 Å². The molecule has 0 spiro atoms. The summed E-state index contributed by atoms with van der Waals surface area (Å²) in [6.07, 6.45) is 1.98. The molecule has 0 heterocycles. The Balaban J connectivity index is 3.39. The molecule has 5 heteroatoms. The van der Waals surface area contributed by atoms with Crippen molar-refractivity contribution in [1.82, 2.24) is 10.0 Å². The molecule has 0 fully saturated rings. The number of rotatable bonds is 5. The van der Waals surface area contributed by atoms with Gasteiger partial charge < -0.3 is 5.32 Å². The van der Waals surface area contributed by atoms with Crippen molar-refractivity contribution in [3.63, 3.8) is 0 Å². The predicted molar refractivity (Wildman–Crippen MR) is 55.2 cm³/mol. The number of hydrogen-bond acceptors (Lipinski definition) is 3. The Bertz CT molecular complexity index is 229. The minimum absolute atomic E-state index is 0.102. The summed E-state index contributed by atoms with van der Waals surface area (Å²) < 4.78 is 23.8. The molecule has 0 atom stereocenters. The van der Waals surface area contributed by atoms with Gasteiger partial charge in [-0.1, -0.05) is 0 Å². The molecule has 0 aliphatic heterocycles. The van der Waals surface area contributed by atoms with Crippen LogP contribution in [0.15, 0.2) is 0 Å². The van der Waals surface area contributed by atoms with Crippen molar-refractivity contribution < 1.29 is 8.42 Å². The topological polar surface area (TPSA) is 58.2 Å². The SMILES string of the molecule is CC(C)(C)NCCCNS(C)(=O)=O. The summed E-state index contributed by atoms with van der Waals surface area (Å²) in [4.78, 5) is 0. The summed E-state index contributed by atoms with van der Waals surface area (Å²) in [7, 11) is -3.02. The minimum Gasteiger partial charge on any atom is -0.312 e. The Morgan fingerprint density at radius 1 is 1.15 bits per heavy atom. The van der Waals surface area contributed by atoms with E-state index >= 15 is 0 Å². The van der Waals surface area contributed by atoms with E-state index in [2.05, 4.69) is 30.8 Å². The van der Waals surface area contributed by atoms with E-state index in [0.717, 1.165) is 13.0 Å². The van der Waals surface area contributed by atoms with Gasteiger partial charge in [0.05, 0.1) is 6.26 Å². The monoisotopic (exact) mass is 208 g/mol. The largest absolute Gasteiger partial charge is 0.312 e. The quantitative estimate of drug-likeness (QED) is 0.639. The molecule has 0 aromatic rings. The lowest BCUT2D eigenvalue weighted by Crippen LogP contribution is -2.37. The van der Waals surface area contributed by atoms with E-state index in [0.29, 0.717) is 6.54 Å². The Labute approximate surface area is 81.2 Å². The third-order valence-corrected chi connectivity index (χ3v) is 2.10. The molecule has 0 rings (SSSR count). The second-order valence-corrected chi connectivity index (χ2v) is 6.03. The van der Waals surface area contributed by atoms with Crippen molar-refractivity contribution in [1.29, 1.82) is 0 Å². The van der Waals surface area contributed by atoms with Crippen molar-refractivity contribution in [2.24, 2.45) is 0 Å². The molecule has 13 heavy (non-hydrogen) atoms. The summed E-state index contributed by atoms with van der Waals surface area (Å²) in [5.74, 6) is 0. The van der Waals surface area contributed by atoms with Gasteiger partial charge in [0, 0.05) is 12.1 Å². The fraction of sp³-hybridized carbons (Fsp3) is 1.00. The van der Waals surface area contributed by atoms with E-state index in [1.54, 1.807) is 0 Å². The smallest absolute Gasteiger partial charge is 0.208 e. The predicted octanol–water partition coefficient (Wildman–Crippen LogP) is 0.314. The highest BCUT2D eigenvalue weighted by atomic mass is 32.2. The molecule has 0 aliphatic rings. The van der Waals surface area contributed by atoms with Crippen LogP contribution in [-0.2, 0) is 10.0 Å². The van der Waals surface area contributed by atoms with Crippen LogP contribution in [0.25, 0.3) is 0 Å². The second kappa shape index (κ2) is 4.93. The Morgan fingerprint density at radius 3 is 2.08 bits per heavy atom. The average molecular weight is 208 g/mol. The lowest BCUT2D eigenvalue weighted by Gasteiger charge is -2.20. The van der Waals surface area contributed by atoms with E-state index in [1.807, 2.05) is 0 Å². The van der Waals surface area contributed by atoms with Gasteiger partial charge in [-0.15, -0.1) is 0 Å². The molecule has 0 saturated carbocycles. The van der Waals surface area contributed by atoms with Crippen LogP contribution in [0.2, 0.25) is 0 Å². The lowest BCUT2D eigenvalue weighted by atomic mass is 10.1. The van der Waals surface area contributed by atoms with Crippen molar-refractivity contribution in [3.05, 3.63) is 0 Å². The Hall–Kier alpha value is -0.130. The maximum absolute atomic E-state index is 10.7. The normalized spacial score (nSPS) is 13.2. The molecule has 2 N–H and O–H groups in total. The second-order valence-electron chi connectivity index (χ2n) is 4.20. The molecule has 0 aromatic heterocycles. The van der Waals surface area contributed by atoms with Crippen LogP contribution < -0.4 is 10.0 Å². The molecule has 4 nitrogen and oxygen atoms in total. The van der Waals surface area contributed by atoms with Crippen molar-refractivity contribution in [3.8, 4) is 0 Å². The maximum atomic E-state index is 10.7. The Morgan fingerprint density at radius 2 is 1.69 bits per heavy atom. The van der Waals surface area contributed by atoms with E-state index in [1.165, 1.54) is 6.26 Å². The first-order chi connectivity index (χ1) is 5.71. The minimum atomic E-state index is -3.02. The van der Waals surface area contributed by atoms with Crippen LogP contribution in [0, 0.1) is 0 Å². The van der Waals surface area contributed by atoms with Crippen LogP contribution in [0.5, 0.6) is 0 Å². The van der Waals surface area contributed by atoms with Gasteiger partial charge in [0.1, 0.15) is 0 Å². The number of sulfonamides is 1. The summed E-state index contributed by atoms with van der Waals surface area (Å²) in [5, 5.41) is 3.27. The summed E-state index contributed by atoms with van der Waals surface area (Å²) in [6.45, 7) is 7.57. The molecule has 0 aliphatic carbocycles. The zero-order chi connectivity index (χ0) is 10.5. The zero-order valence-electron chi connectivity index (χ0n) is 8.85. The standard InChI is InChI=1S/C8H20N2O2S/c1-8(2,3)9-6-5-7-10-13(4,11)12/h9-10H,5-7H2,1-4H3. The highest BCUT2D eigenvalue weighted by molar-refractivity contribution is 7.88. The van der Waals surface area contributed by atoms with Crippen molar-refractivity contribution >= 4 is 10.0 Å². The molecule has 0 bridgehead atoms. The van der Waals surface area contributed by atoms with E-state index < -0.39 is 10.0 Å². The molecule has 0 aromatic carbocycles. The fourth-order valence-corrected chi connectivity index (χ4v) is 1.32. The first-order valence-corrected chi connectivity index (χ1v) is 6.29. The third kappa shape index (κ3) is 11.9.